The van der Waals surface area contributed by atoms with Crippen LogP contribution in [0.15, 0.2) is 0 Å². The Morgan fingerprint density at radius 3 is 1.44 bits per heavy atom. The second-order valence-electron chi connectivity index (χ2n) is 8.16. The third-order valence-corrected chi connectivity index (χ3v) is 5.53. The van der Waals surface area contributed by atoms with Crippen LogP contribution in [0.5, 0.6) is 0 Å². The van der Waals surface area contributed by atoms with Crippen molar-refractivity contribution in [3.63, 3.8) is 0 Å². The molecule has 0 aromatic rings. The van der Waals surface area contributed by atoms with Crippen LogP contribution in [0.2, 0.25) is 11.0 Å². The number of rotatable bonds is 0. The number of nitrogens with zero attached hydrogens (tertiary/aromatic N) is 1. The van der Waals surface area contributed by atoms with Gasteiger partial charge in [-0.3, -0.25) is 0 Å². The molecule has 1 saturated heterocycles. The van der Waals surface area contributed by atoms with E-state index in [1.165, 1.54) is 0 Å². The summed E-state index contributed by atoms with van der Waals surface area (Å²) < 4.78 is 0. The predicted molar refractivity (Wildman–Crippen MR) is 93.3 cm³/mol. The lowest BCUT2D eigenvalue weighted by atomic mass is 9.28. The monoisotopic (exact) mass is 211 g/mol. The fraction of sp³-hybridized carbons (Fsp3) is 1.00. The molecule has 0 saturated carbocycles. The van der Waals surface area contributed by atoms with Crippen molar-refractivity contribution in [2.24, 2.45) is 0 Å². The van der Waals surface area contributed by atoms with Crippen LogP contribution in [0.1, 0.15) is 20.8 Å². The summed E-state index contributed by atoms with van der Waals surface area (Å²) in [6.07, 6.45) is 0. The van der Waals surface area contributed by atoms with Gasteiger partial charge in [0.25, 0.3) is 0 Å². The fourth-order valence-electron chi connectivity index (χ4n) is 4.32. The van der Waals surface area contributed by atoms with Gasteiger partial charge in [-0.15, -0.1) is 0 Å². The van der Waals surface area contributed by atoms with Gasteiger partial charge < -0.3 is 4.90 Å². The molecule has 1 heterocycles. The van der Waals surface area contributed by atoms with E-state index in [9.17, 15) is 0 Å². The molecule has 0 aromatic heterocycles. The predicted octanol–water partition coefficient (Wildman–Crippen LogP) is -5.26. The lowest BCUT2D eigenvalue weighted by molar-refractivity contribution is 0.103. The first-order valence-electron chi connectivity index (χ1n) is 6.58. The van der Waals surface area contributed by atoms with Crippen molar-refractivity contribution in [2.45, 2.75) is 48.0 Å². The lowest BCUT2D eigenvalue weighted by Gasteiger charge is -2.53. The highest BCUT2D eigenvalue weighted by Crippen LogP contribution is 2.58. The largest absolute Gasteiger partial charge is 0.319 e. The molecule has 0 amide bonds. The normalized spacial score (nSPS) is 32.6. The van der Waals surface area contributed by atoms with Crippen LogP contribution in [0.4, 0.5) is 0 Å². The van der Waals surface area contributed by atoms with Crippen molar-refractivity contribution in [3.8, 4) is 0 Å². The van der Waals surface area contributed by atoms with Crippen LogP contribution in [0.3, 0.4) is 0 Å². The molecule has 0 radical (unpaired) electrons. The first-order chi connectivity index (χ1) is 6.77. The molecule has 1 aliphatic rings. The van der Waals surface area contributed by atoms with Crippen LogP contribution in [-0.2, 0) is 0 Å². The standard InChI is InChI=1S/C8H24B7N/c1-5(2,3)16-7(12,13)4(9)6(10,11)8(16,14)15/h4H,9-15H2,1-3H3. The maximum Gasteiger partial charge on any atom is 0.116 e. The van der Waals surface area contributed by atoms with Gasteiger partial charge in [0.05, 0.1) is 15.7 Å². The Kier molecular flexibility index (Phi) is 3.13. The van der Waals surface area contributed by atoms with E-state index in [1.807, 2.05) is 0 Å². The van der Waals surface area contributed by atoms with Crippen LogP contribution >= 0.6 is 0 Å². The highest BCUT2D eigenvalue weighted by Gasteiger charge is 2.61. The Labute approximate surface area is 108 Å². The van der Waals surface area contributed by atoms with E-state index in [1.54, 1.807) is 0 Å². The van der Waals surface area contributed by atoms with Gasteiger partial charge in [-0.2, -0.15) is 0 Å². The minimum atomic E-state index is 0.217. The summed E-state index contributed by atoms with van der Waals surface area (Å²) >= 11 is 0. The van der Waals surface area contributed by atoms with Crippen molar-refractivity contribution >= 4 is 54.9 Å². The van der Waals surface area contributed by atoms with Crippen LogP contribution < -0.4 is 0 Å². The Balaban J connectivity index is 3.38. The van der Waals surface area contributed by atoms with Gasteiger partial charge in [-0.25, -0.2) is 0 Å². The zero-order valence-electron chi connectivity index (χ0n) is 13.0. The van der Waals surface area contributed by atoms with Gasteiger partial charge in [0.2, 0.25) is 0 Å². The second-order valence-corrected chi connectivity index (χ2v) is 8.16. The minimum absolute atomic E-state index is 0.217. The van der Waals surface area contributed by atoms with Crippen molar-refractivity contribution in [1.82, 2.24) is 4.90 Å². The summed E-state index contributed by atoms with van der Waals surface area (Å²) in [5.41, 5.74) is 0.217. The van der Waals surface area contributed by atoms with Gasteiger partial charge in [0, 0.05) is 5.54 Å². The van der Waals surface area contributed by atoms with Crippen molar-refractivity contribution in [3.05, 3.63) is 0 Å². The molecule has 1 nitrogen and oxygen atoms in total. The minimum Gasteiger partial charge on any atom is -0.319 e. The molecule has 8 heteroatoms. The van der Waals surface area contributed by atoms with E-state index >= 15 is 0 Å². The third-order valence-electron chi connectivity index (χ3n) is 5.53. The highest BCUT2D eigenvalue weighted by atomic mass is 15.3. The highest BCUT2D eigenvalue weighted by molar-refractivity contribution is 6.60. The summed E-state index contributed by atoms with van der Waals surface area (Å²) in [4.78, 5) is 2.72. The average Bonchev–Trinajstić information content (AvgIpc) is 2.05. The molecule has 1 atom stereocenters. The third kappa shape index (κ3) is 1.67. The van der Waals surface area contributed by atoms with Crippen molar-refractivity contribution in [1.29, 1.82) is 0 Å². The molecule has 0 aliphatic carbocycles. The quantitative estimate of drug-likeness (QED) is 0.361. The van der Waals surface area contributed by atoms with Crippen LogP contribution in [0.25, 0.3) is 0 Å². The molecular formula is C8H24B7N. The zero-order valence-corrected chi connectivity index (χ0v) is 13.0. The Bertz CT molecular complexity index is 293. The SMILES string of the molecule is BC1C(B)(B)N(C(C)(C)C)C(B)(B)C1(B)B. The molecule has 0 N–H and O–H groups in total. The molecule has 1 fully saturated rings. The Morgan fingerprint density at radius 2 is 1.31 bits per heavy atom. The van der Waals surface area contributed by atoms with Crippen LogP contribution in [-0.4, -0.2) is 76.0 Å². The summed E-state index contributed by atoms with van der Waals surface area (Å²) in [7, 11) is 16.9. The smallest absolute Gasteiger partial charge is 0.116 e. The Hall–Kier alpha value is 0.415. The van der Waals surface area contributed by atoms with E-state index in [0.29, 0.717) is 11.0 Å². The number of hydrogen-bond acceptors (Lipinski definition) is 1. The summed E-state index contributed by atoms with van der Waals surface area (Å²) in [5, 5.41) is 0.823. The first kappa shape index (κ1) is 14.5. The molecule has 1 rings (SSSR count). The molecule has 82 valence electrons. The topological polar surface area (TPSA) is 3.24 Å². The molecule has 1 aliphatic heterocycles. The first-order valence-corrected chi connectivity index (χ1v) is 6.58. The van der Waals surface area contributed by atoms with Gasteiger partial charge in [0.15, 0.2) is 0 Å². The van der Waals surface area contributed by atoms with E-state index in [4.69, 9.17) is 0 Å². The maximum atomic E-state index is 2.72. The molecule has 0 aromatic carbocycles. The zero-order chi connectivity index (χ0) is 13.2. The van der Waals surface area contributed by atoms with Gasteiger partial charge >= 0.3 is 0 Å². The van der Waals surface area contributed by atoms with E-state index in [0.717, 1.165) is 0 Å². The summed E-state index contributed by atoms with van der Waals surface area (Å²) in [6.45, 7) is 7.01. The average molecular weight is 210 g/mol. The fourth-order valence-corrected chi connectivity index (χ4v) is 4.32. The molecule has 16 heavy (non-hydrogen) atoms. The summed E-state index contributed by atoms with van der Waals surface area (Å²) in [6, 6.07) is 0. The molecular weight excluding hydrogens is 186 g/mol. The van der Waals surface area contributed by atoms with E-state index < -0.39 is 0 Å². The van der Waals surface area contributed by atoms with Crippen molar-refractivity contribution in [2.75, 3.05) is 0 Å². The second kappa shape index (κ2) is 3.46. The maximum absolute atomic E-state index is 2.72. The summed E-state index contributed by atoms with van der Waals surface area (Å²) in [5.74, 6) is 0.689. The number of hydrogen-bond donors (Lipinski definition) is 0. The lowest BCUT2D eigenvalue weighted by Crippen LogP contribution is -2.65. The molecule has 1 unspecified atom stereocenters. The van der Waals surface area contributed by atoms with Crippen LogP contribution in [0, 0.1) is 0 Å². The molecule has 0 spiro atoms. The van der Waals surface area contributed by atoms with Crippen molar-refractivity contribution < 1.29 is 0 Å². The molecule has 0 bridgehead atoms. The van der Waals surface area contributed by atoms with Gasteiger partial charge in [-0.05, 0) is 31.4 Å². The Morgan fingerprint density at radius 1 is 0.938 bits per heavy atom. The van der Waals surface area contributed by atoms with Gasteiger partial charge in [-0.1, -0.05) is 11.0 Å². The van der Waals surface area contributed by atoms with E-state index in [-0.39, 0.29) is 16.2 Å². The van der Waals surface area contributed by atoms with Gasteiger partial charge in [0.1, 0.15) is 39.2 Å². The van der Waals surface area contributed by atoms with E-state index in [2.05, 4.69) is 80.6 Å². The number of likely N-dealkylation sites (tertiary alicyclic amines) is 1.